The van der Waals surface area contributed by atoms with Gasteiger partial charge in [0.15, 0.2) is 11.5 Å². The van der Waals surface area contributed by atoms with Crippen molar-refractivity contribution in [3.05, 3.63) is 87.8 Å². The fourth-order valence-electron chi connectivity index (χ4n) is 3.11. The summed E-state index contributed by atoms with van der Waals surface area (Å²) in [7, 11) is 1.53. The van der Waals surface area contributed by atoms with Gasteiger partial charge in [-0.2, -0.15) is 0 Å². The third kappa shape index (κ3) is 4.74. The molecular weight excluding hydrogens is 450 g/mol. The fourth-order valence-corrected chi connectivity index (χ4v) is 4.08. The first-order valence-corrected chi connectivity index (χ1v) is 10.8. The van der Waals surface area contributed by atoms with Crippen LogP contribution in [-0.4, -0.2) is 23.4 Å². The van der Waals surface area contributed by atoms with Gasteiger partial charge in [-0.3, -0.25) is 9.59 Å². The minimum atomic E-state index is -0.451. The maximum Gasteiger partial charge on any atom is 0.298 e. The molecule has 0 spiro atoms. The molecule has 1 N–H and O–H groups in total. The molecule has 32 heavy (non-hydrogen) atoms. The molecule has 0 radical (unpaired) electrons. The summed E-state index contributed by atoms with van der Waals surface area (Å²) in [5, 5.41) is 9.88. The number of benzene rings is 3. The fraction of sp³-hybridized carbons (Fsp3) is 0.0833. The van der Waals surface area contributed by atoms with Crippen molar-refractivity contribution in [2.45, 2.75) is 6.61 Å². The van der Waals surface area contributed by atoms with Crippen LogP contribution in [-0.2, 0) is 11.4 Å². The van der Waals surface area contributed by atoms with Gasteiger partial charge in [0.05, 0.1) is 17.7 Å². The minimum absolute atomic E-state index is 0.0237. The Morgan fingerprint density at radius 1 is 1.03 bits per heavy atom. The van der Waals surface area contributed by atoms with Crippen LogP contribution in [0.2, 0.25) is 5.02 Å². The molecule has 0 unspecified atom stereocenters. The van der Waals surface area contributed by atoms with E-state index in [2.05, 4.69) is 0 Å². The second kappa shape index (κ2) is 9.38. The molecule has 1 fully saturated rings. The van der Waals surface area contributed by atoms with E-state index in [1.54, 1.807) is 48.5 Å². The number of carbonyl (C=O) groups excluding carboxylic acids is 2. The van der Waals surface area contributed by atoms with Gasteiger partial charge < -0.3 is 14.6 Å². The van der Waals surface area contributed by atoms with Crippen molar-refractivity contribution < 1.29 is 24.2 Å². The lowest BCUT2D eigenvalue weighted by atomic mass is 10.1. The van der Waals surface area contributed by atoms with Crippen LogP contribution in [0.5, 0.6) is 17.2 Å². The van der Waals surface area contributed by atoms with Crippen LogP contribution in [0, 0.1) is 0 Å². The summed E-state index contributed by atoms with van der Waals surface area (Å²) in [5.74, 6) is 0.574. The molecule has 0 bridgehead atoms. The molecule has 0 aliphatic carbocycles. The summed E-state index contributed by atoms with van der Waals surface area (Å²) in [6, 6.07) is 18.6. The number of halogens is 1. The van der Waals surface area contributed by atoms with E-state index in [9.17, 15) is 14.7 Å². The summed E-state index contributed by atoms with van der Waals surface area (Å²) >= 11 is 6.74. The van der Waals surface area contributed by atoms with Crippen molar-refractivity contribution in [1.82, 2.24) is 0 Å². The number of carbonyl (C=O) groups is 2. The lowest BCUT2D eigenvalue weighted by Gasteiger charge is -2.12. The van der Waals surface area contributed by atoms with Gasteiger partial charge >= 0.3 is 0 Å². The van der Waals surface area contributed by atoms with Gasteiger partial charge in [-0.15, -0.1) is 0 Å². The molecule has 0 atom stereocenters. The lowest BCUT2D eigenvalue weighted by Crippen LogP contribution is -2.27. The van der Waals surface area contributed by atoms with E-state index in [0.29, 0.717) is 34.4 Å². The van der Waals surface area contributed by atoms with Gasteiger partial charge in [0.1, 0.15) is 12.4 Å². The number of ether oxygens (including phenoxy) is 2. The summed E-state index contributed by atoms with van der Waals surface area (Å²) in [4.78, 5) is 26.5. The standard InChI is InChI=1S/C24H18ClNO5S/c1-30-21-11-16(7-10-20(21)31-14-15-5-8-17(25)9-6-15)12-22-23(28)26(24(29)32-22)18-3-2-4-19(27)13-18/h2-13,27H,14H2,1H3/b22-12-. The van der Waals surface area contributed by atoms with E-state index in [0.717, 1.165) is 22.2 Å². The molecule has 0 aromatic heterocycles. The molecule has 1 aliphatic rings. The monoisotopic (exact) mass is 467 g/mol. The van der Waals surface area contributed by atoms with Crippen LogP contribution in [0.25, 0.3) is 6.08 Å². The predicted octanol–water partition coefficient (Wildman–Crippen LogP) is 5.87. The molecule has 6 nitrogen and oxygen atoms in total. The number of hydrogen-bond acceptors (Lipinski definition) is 6. The van der Waals surface area contributed by atoms with Crippen LogP contribution in [0.1, 0.15) is 11.1 Å². The number of hydrogen-bond donors (Lipinski definition) is 1. The number of anilines is 1. The van der Waals surface area contributed by atoms with Gasteiger partial charge in [0, 0.05) is 11.1 Å². The molecule has 162 valence electrons. The number of imide groups is 1. The van der Waals surface area contributed by atoms with Gasteiger partial charge in [0.25, 0.3) is 11.1 Å². The number of aromatic hydroxyl groups is 1. The van der Waals surface area contributed by atoms with Gasteiger partial charge in [-0.05, 0) is 65.4 Å². The Morgan fingerprint density at radius 2 is 1.81 bits per heavy atom. The van der Waals surface area contributed by atoms with Crippen molar-refractivity contribution in [2.24, 2.45) is 0 Å². The second-order valence-corrected chi connectivity index (χ2v) is 8.29. The summed E-state index contributed by atoms with van der Waals surface area (Å²) in [6.45, 7) is 0.343. The Morgan fingerprint density at radius 3 is 2.53 bits per heavy atom. The number of rotatable bonds is 6. The molecule has 8 heteroatoms. The molecular formula is C24H18ClNO5S. The highest BCUT2D eigenvalue weighted by Crippen LogP contribution is 2.37. The highest BCUT2D eigenvalue weighted by molar-refractivity contribution is 8.19. The van der Waals surface area contributed by atoms with Crippen LogP contribution in [0.4, 0.5) is 10.5 Å². The average Bonchev–Trinajstić information content (AvgIpc) is 3.06. The van der Waals surface area contributed by atoms with Crippen molar-refractivity contribution in [2.75, 3.05) is 12.0 Å². The number of methoxy groups -OCH3 is 1. The zero-order chi connectivity index (χ0) is 22.7. The maximum absolute atomic E-state index is 12.8. The van der Waals surface area contributed by atoms with E-state index in [-0.39, 0.29) is 10.7 Å². The van der Waals surface area contributed by atoms with Crippen LogP contribution in [0.3, 0.4) is 0 Å². The molecule has 1 aliphatic heterocycles. The topological polar surface area (TPSA) is 76.1 Å². The highest BCUT2D eigenvalue weighted by Gasteiger charge is 2.36. The Balaban J connectivity index is 1.53. The average molecular weight is 468 g/mol. The molecule has 1 heterocycles. The van der Waals surface area contributed by atoms with Crippen LogP contribution in [0.15, 0.2) is 71.6 Å². The smallest absolute Gasteiger partial charge is 0.298 e. The van der Waals surface area contributed by atoms with Crippen molar-refractivity contribution in [3.8, 4) is 17.2 Å². The molecule has 3 aromatic carbocycles. The van der Waals surface area contributed by atoms with Gasteiger partial charge in [0.2, 0.25) is 0 Å². The third-order valence-corrected chi connectivity index (χ3v) is 5.80. The molecule has 2 amide bonds. The van der Waals surface area contributed by atoms with Crippen molar-refractivity contribution >= 4 is 46.3 Å². The number of phenols is 1. The summed E-state index contributed by atoms with van der Waals surface area (Å²) in [5.41, 5.74) is 1.96. The molecule has 4 rings (SSSR count). The molecule has 3 aromatic rings. The second-order valence-electron chi connectivity index (χ2n) is 6.86. The first kappa shape index (κ1) is 21.8. The van der Waals surface area contributed by atoms with E-state index < -0.39 is 11.1 Å². The maximum atomic E-state index is 12.8. The van der Waals surface area contributed by atoms with E-state index >= 15 is 0 Å². The minimum Gasteiger partial charge on any atom is -0.508 e. The number of nitrogens with zero attached hydrogens (tertiary/aromatic N) is 1. The number of amides is 2. The SMILES string of the molecule is COc1cc(/C=C2\SC(=O)N(c3cccc(O)c3)C2=O)ccc1OCc1ccc(Cl)cc1. The van der Waals surface area contributed by atoms with E-state index in [1.165, 1.54) is 19.2 Å². The molecule has 0 saturated carbocycles. The largest absolute Gasteiger partial charge is 0.508 e. The number of thioether (sulfide) groups is 1. The quantitative estimate of drug-likeness (QED) is 0.456. The van der Waals surface area contributed by atoms with Gasteiger partial charge in [-0.1, -0.05) is 35.9 Å². The molecule has 1 saturated heterocycles. The zero-order valence-corrected chi connectivity index (χ0v) is 18.5. The van der Waals surface area contributed by atoms with Gasteiger partial charge in [-0.25, -0.2) is 4.90 Å². The first-order chi connectivity index (χ1) is 15.4. The van der Waals surface area contributed by atoms with E-state index in [1.807, 2.05) is 12.1 Å². The van der Waals surface area contributed by atoms with Crippen LogP contribution >= 0.6 is 23.4 Å². The van der Waals surface area contributed by atoms with E-state index in [4.69, 9.17) is 21.1 Å². The third-order valence-electron chi connectivity index (χ3n) is 4.67. The van der Waals surface area contributed by atoms with Crippen molar-refractivity contribution in [3.63, 3.8) is 0 Å². The Hall–Kier alpha value is -3.42. The normalized spacial score (nSPS) is 14.8. The Bertz CT molecular complexity index is 1210. The predicted molar refractivity (Wildman–Crippen MR) is 125 cm³/mol. The first-order valence-electron chi connectivity index (χ1n) is 9.57. The summed E-state index contributed by atoms with van der Waals surface area (Å²) in [6.07, 6.45) is 1.62. The summed E-state index contributed by atoms with van der Waals surface area (Å²) < 4.78 is 11.3. The Kier molecular flexibility index (Phi) is 6.39. The number of phenolic OH excluding ortho intramolecular Hbond substituents is 1. The van der Waals surface area contributed by atoms with Crippen LogP contribution < -0.4 is 14.4 Å². The zero-order valence-electron chi connectivity index (χ0n) is 16.9. The highest BCUT2D eigenvalue weighted by atomic mass is 35.5. The Labute approximate surface area is 194 Å². The van der Waals surface area contributed by atoms with Crippen molar-refractivity contribution in [1.29, 1.82) is 0 Å². The lowest BCUT2D eigenvalue weighted by molar-refractivity contribution is -0.113.